The number of ether oxygens (including phenoxy) is 1. The lowest BCUT2D eigenvalue weighted by Crippen LogP contribution is -2.39. The number of methoxy groups -OCH3 is 1. The summed E-state index contributed by atoms with van der Waals surface area (Å²) in [5.74, 6) is -1.21. The number of nitrogens with zero attached hydrogens (tertiary/aromatic N) is 5. The quantitative estimate of drug-likeness (QED) is 0.142. The molecule has 51 heavy (non-hydrogen) atoms. The average molecular weight is 719 g/mol. The lowest BCUT2D eigenvalue weighted by Gasteiger charge is -2.36. The van der Waals surface area contributed by atoms with Gasteiger partial charge in [0.15, 0.2) is 18.9 Å². The number of esters is 1. The van der Waals surface area contributed by atoms with Gasteiger partial charge in [-0.25, -0.2) is 32.2 Å². The summed E-state index contributed by atoms with van der Waals surface area (Å²) in [4.78, 5) is 27.8. The van der Waals surface area contributed by atoms with Crippen LogP contribution in [0.3, 0.4) is 0 Å². The second-order valence-electron chi connectivity index (χ2n) is 11.2. The van der Waals surface area contributed by atoms with Crippen molar-refractivity contribution in [2.24, 2.45) is 0 Å². The fourth-order valence-corrected chi connectivity index (χ4v) is 6.27. The summed E-state index contributed by atoms with van der Waals surface area (Å²) in [6, 6.07) is 24.4. The molecule has 0 spiro atoms. The number of anilines is 2. The first kappa shape index (κ1) is 36.2. The largest absolute Gasteiger partial charge is 0.748 e. The molecule has 0 fully saturated rings. The Hall–Kier alpha value is -6.05. The van der Waals surface area contributed by atoms with E-state index in [1.165, 1.54) is 28.7 Å². The molecule has 0 saturated carbocycles. The Morgan fingerprint density at radius 1 is 1.04 bits per heavy atom. The molecule has 0 radical (unpaired) electrons. The summed E-state index contributed by atoms with van der Waals surface area (Å²) < 4.78 is 79.6. The van der Waals surface area contributed by atoms with Crippen LogP contribution >= 0.6 is 0 Å². The first-order valence-electron chi connectivity index (χ1n) is 15.1. The zero-order valence-corrected chi connectivity index (χ0v) is 27.9. The number of carbonyl (C=O) groups is 1. The molecule has 3 aromatic carbocycles. The zero-order chi connectivity index (χ0) is 36.9. The molecular weight excluding hydrogens is 689 g/mol. The highest BCUT2D eigenvalue weighted by Crippen LogP contribution is 2.43. The topological polar surface area (TPSA) is 165 Å². The number of aromatic nitrogens is 4. The molecule has 12 nitrogen and oxygen atoms in total. The van der Waals surface area contributed by atoms with Crippen LogP contribution in [0, 0.1) is 11.3 Å². The molecule has 0 saturated heterocycles. The van der Waals surface area contributed by atoms with E-state index in [9.17, 15) is 41.0 Å². The van der Waals surface area contributed by atoms with Gasteiger partial charge in [-0.3, -0.25) is 4.90 Å². The maximum absolute atomic E-state index is 13.6. The number of benzene rings is 3. The molecule has 1 aliphatic rings. The maximum atomic E-state index is 13.6. The molecule has 0 aliphatic carbocycles. The summed E-state index contributed by atoms with van der Waals surface area (Å²) in [6.07, 6.45) is -0.956. The van der Waals surface area contributed by atoms with Gasteiger partial charge >= 0.3 is 17.8 Å². The van der Waals surface area contributed by atoms with Crippen molar-refractivity contribution in [3.63, 3.8) is 0 Å². The molecule has 0 amide bonds. The third kappa shape index (κ3) is 8.23. The van der Waals surface area contributed by atoms with Gasteiger partial charge in [0.2, 0.25) is 5.95 Å². The van der Waals surface area contributed by atoms with E-state index in [1.54, 1.807) is 55.5 Å². The minimum absolute atomic E-state index is 0.0119. The summed E-state index contributed by atoms with van der Waals surface area (Å²) >= 11 is 0. The van der Waals surface area contributed by atoms with Crippen molar-refractivity contribution < 1.29 is 40.2 Å². The highest BCUT2D eigenvalue weighted by molar-refractivity contribution is 7.84. The fraction of sp³-hybridized carbons (Fsp3) is 0.171. The predicted octanol–water partition coefficient (Wildman–Crippen LogP) is 4.72. The van der Waals surface area contributed by atoms with Crippen LogP contribution in [0.15, 0.2) is 119 Å². The van der Waals surface area contributed by atoms with E-state index in [-0.39, 0.29) is 22.9 Å². The number of nitriles is 1. The zero-order valence-electron chi connectivity index (χ0n) is 27.0. The third-order valence-electron chi connectivity index (χ3n) is 7.86. The van der Waals surface area contributed by atoms with E-state index in [1.807, 2.05) is 35.2 Å². The molecule has 262 valence electrons. The molecule has 1 atom stereocenters. The number of fused-ring (bicyclic) bond motifs is 1. The normalized spacial score (nSPS) is 14.2. The number of halogens is 3. The van der Waals surface area contributed by atoms with Crippen LogP contribution in [-0.2, 0) is 38.1 Å². The summed E-state index contributed by atoms with van der Waals surface area (Å²) in [7, 11) is -2.95. The minimum Gasteiger partial charge on any atom is -0.748 e. The van der Waals surface area contributed by atoms with E-state index >= 15 is 0 Å². The highest BCUT2D eigenvalue weighted by atomic mass is 32.2. The van der Waals surface area contributed by atoms with Crippen LogP contribution in [0.1, 0.15) is 40.8 Å². The van der Waals surface area contributed by atoms with E-state index < -0.39 is 45.3 Å². The number of H-pyrrole nitrogens is 1. The second-order valence-corrected chi connectivity index (χ2v) is 12.6. The Morgan fingerprint density at radius 3 is 2.35 bits per heavy atom. The molecular formula is C35H29F3N6O6S. The number of aromatic amines is 1. The molecule has 0 unspecified atom stereocenters. The second kappa shape index (κ2) is 14.8. The van der Waals surface area contributed by atoms with Crippen molar-refractivity contribution in [1.29, 1.82) is 5.26 Å². The van der Waals surface area contributed by atoms with Gasteiger partial charge in [-0.05, 0) is 48.4 Å². The van der Waals surface area contributed by atoms with Gasteiger partial charge in [-0.1, -0.05) is 48.5 Å². The monoisotopic (exact) mass is 718 g/mol. The molecule has 16 heteroatoms. The van der Waals surface area contributed by atoms with E-state index in [2.05, 4.69) is 16.3 Å². The van der Waals surface area contributed by atoms with Crippen LogP contribution in [-0.4, -0.2) is 40.8 Å². The highest BCUT2D eigenvalue weighted by Gasteiger charge is 2.41. The lowest BCUT2D eigenvalue weighted by atomic mass is 9.90. The number of rotatable bonds is 7. The Kier molecular flexibility index (Phi) is 10.5. The number of carbonyl (C=O) groups excluding carboxylic acids is 1. The molecule has 1 N–H and O–H groups in total. The minimum atomic E-state index is -4.62. The van der Waals surface area contributed by atoms with Crippen LogP contribution in [0.2, 0.25) is 0 Å². The standard InChI is InChI=1S/C28H21F3N6O3.C7H8O3S/c1-17-23(25(38)40-2)24(22-10-9-18(15-32)13-19(22)16-35-11-4-3-5-12-35)37-26(33-34-27(37)39)36(17)21-8-6-7-20(14-21)28(29,30)31;8-11(9,10)6-7-4-2-1-3-5-7/h3-14,24H,16H2,1-2H3;1-5H,6H2,(H,8,9,10)/t24-;/m1./s1. The smallest absolute Gasteiger partial charge is 0.416 e. The number of hydrogen-bond acceptors (Lipinski definition) is 9. The molecule has 5 aromatic rings. The van der Waals surface area contributed by atoms with Crippen LogP contribution in [0.25, 0.3) is 0 Å². The number of alkyl halides is 3. The molecule has 3 heterocycles. The van der Waals surface area contributed by atoms with Crippen molar-refractivity contribution in [3.05, 3.63) is 153 Å². The summed E-state index contributed by atoms with van der Waals surface area (Å²) in [5.41, 5.74) is 0.772. The SMILES string of the molecule is COC(=O)C1=C(C)N(c2cccc(C(F)(F)F)c2)c2n[nH]c(=O)n2[C@@H]1c1ccc(C#N)cc1C[n+]1ccccc1.O=S(=O)([O-])Cc1ccccc1. The predicted molar refractivity (Wildman–Crippen MR) is 176 cm³/mol. The Balaban J connectivity index is 0.000000392. The Bertz CT molecular complexity index is 2300. The van der Waals surface area contributed by atoms with Crippen molar-refractivity contribution >= 4 is 27.7 Å². The third-order valence-corrected chi connectivity index (χ3v) is 8.55. The fourth-order valence-electron chi connectivity index (χ4n) is 5.67. The van der Waals surface area contributed by atoms with Crippen molar-refractivity contribution in [3.8, 4) is 6.07 Å². The van der Waals surface area contributed by atoms with E-state index in [4.69, 9.17) is 4.74 Å². The van der Waals surface area contributed by atoms with Crippen molar-refractivity contribution in [2.75, 3.05) is 12.0 Å². The molecule has 6 rings (SSSR count). The number of nitrogens with one attached hydrogen (secondary N) is 1. The van der Waals surface area contributed by atoms with Crippen molar-refractivity contribution in [2.45, 2.75) is 31.4 Å². The van der Waals surface area contributed by atoms with Gasteiger partial charge in [-0.15, -0.1) is 5.10 Å². The molecule has 0 bridgehead atoms. The van der Waals surface area contributed by atoms with Gasteiger partial charge in [0.05, 0.1) is 45.8 Å². The maximum Gasteiger partial charge on any atom is 0.416 e. The molecule has 2 aromatic heterocycles. The first-order valence-corrected chi connectivity index (χ1v) is 16.7. The number of pyridine rings is 1. The summed E-state index contributed by atoms with van der Waals surface area (Å²) in [5, 5.41) is 16.1. The van der Waals surface area contributed by atoms with Crippen LogP contribution < -0.4 is 15.2 Å². The number of allylic oxidation sites excluding steroid dienone is 1. The summed E-state index contributed by atoms with van der Waals surface area (Å²) in [6.45, 7) is 1.85. The van der Waals surface area contributed by atoms with Gasteiger partial charge in [0, 0.05) is 29.1 Å². The van der Waals surface area contributed by atoms with Crippen LogP contribution in [0.4, 0.5) is 24.8 Å². The Morgan fingerprint density at radius 2 is 1.73 bits per heavy atom. The van der Waals surface area contributed by atoms with E-state index in [0.717, 1.165) is 12.1 Å². The van der Waals surface area contributed by atoms with Crippen LogP contribution in [0.5, 0.6) is 0 Å². The Labute approximate surface area is 290 Å². The van der Waals surface area contributed by atoms with E-state index in [0.29, 0.717) is 28.8 Å². The van der Waals surface area contributed by atoms with Gasteiger partial charge in [0.1, 0.15) is 6.04 Å². The van der Waals surface area contributed by atoms with Gasteiger partial charge < -0.3 is 9.29 Å². The first-order chi connectivity index (χ1) is 24.2. The van der Waals surface area contributed by atoms with Gasteiger partial charge in [-0.2, -0.15) is 18.4 Å². The number of hydrogen-bond donors (Lipinski definition) is 1. The lowest BCUT2D eigenvalue weighted by molar-refractivity contribution is -0.688. The average Bonchev–Trinajstić information content (AvgIpc) is 3.48. The van der Waals surface area contributed by atoms with Gasteiger partial charge in [0.25, 0.3) is 0 Å². The van der Waals surface area contributed by atoms with Crippen molar-refractivity contribution in [1.82, 2.24) is 14.8 Å². The molecule has 1 aliphatic heterocycles.